The van der Waals surface area contributed by atoms with Crippen molar-refractivity contribution in [1.82, 2.24) is 10.6 Å². The van der Waals surface area contributed by atoms with E-state index >= 15 is 0 Å². The predicted octanol–water partition coefficient (Wildman–Crippen LogP) is 2.77. The molecule has 1 amide bonds. The van der Waals surface area contributed by atoms with E-state index in [1.165, 1.54) is 11.3 Å². The van der Waals surface area contributed by atoms with Gasteiger partial charge in [-0.25, -0.2) is 0 Å². The van der Waals surface area contributed by atoms with Gasteiger partial charge in [-0.05, 0) is 54.7 Å². The first-order valence-corrected chi connectivity index (χ1v) is 7.58. The maximum Gasteiger partial charge on any atom is 0.261 e. The summed E-state index contributed by atoms with van der Waals surface area (Å²) in [7, 11) is 2.01. The Morgan fingerprint density at radius 2 is 2.00 bits per heavy atom. The van der Waals surface area contributed by atoms with Gasteiger partial charge in [0.25, 0.3) is 5.91 Å². The number of carbonyl (C=O) groups is 1. The minimum absolute atomic E-state index is 0.0635. The molecule has 2 N–H and O–H groups in total. The molecule has 94 valence electrons. The molecular weight excluding hydrogens is 300 g/mol. The molecule has 1 aromatic rings. The van der Waals surface area contributed by atoms with Gasteiger partial charge in [0.1, 0.15) is 0 Å². The van der Waals surface area contributed by atoms with Gasteiger partial charge in [0.05, 0.1) is 4.88 Å². The zero-order valence-electron chi connectivity index (χ0n) is 9.83. The highest BCUT2D eigenvalue weighted by Gasteiger charge is 2.22. The number of amides is 1. The van der Waals surface area contributed by atoms with E-state index in [0.29, 0.717) is 12.1 Å². The highest BCUT2D eigenvalue weighted by molar-refractivity contribution is 9.10. The van der Waals surface area contributed by atoms with Crippen molar-refractivity contribution in [1.29, 1.82) is 0 Å². The maximum atomic E-state index is 11.9. The molecule has 5 heteroatoms. The first kappa shape index (κ1) is 13.1. The number of hydrogen-bond acceptors (Lipinski definition) is 3. The summed E-state index contributed by atoms with van der Waals surface area (Å²) < 4.78 is 0.978. The Kier molecular flexibility index (Phi) is 4.59. The lowest BCUT2D eigenvalue weighted by molar-refractivity contribution is 0.0929. The number of halogens is 1. The lowest BCUT2D eigenvalue weighted by atomic mass is 9.91. The fourth-order valence-electron chi connectivity index (χ4n) is 2.22. The van der Waals surface area contributed by atoms with Gasteiger partial charge >= 0.3 is 0 Å². The van der Waals surface area contributed by atoms with Crippen LogP contribution in [-0.4, -0.2) is 25.0 Å². The smallest absolute Gasteiger partial charge is 0.261 e. The summed E-state index contributed by atoms with van der Waals surface area (Å²) in [5.41, 5.74) is 0. The lowest BCUT2D eigenvalue weighted by Gasteiger charge is -2.28. The molecule has 1 heterocycles. The average molecular weight is 317 g/mol. The molecule has 3 nitrogen and oxygen atoms in total. The predicted molar refractivity (Wildman–Crippen MR) is 74.6 cm³/mol. The Morgan fingerprint density at radius 1 is 1.35 bits per heavy atom. The topological polar surface area (TPSA) is 41.1 Å². The first-order valence-electron chi connectivity index (χ1n) is 5.91. The Morgan fingerprint density at radius 3 is 2.53 bits per heavy atom. The van der Waals surface area contributed by atoms with Crippen molar-refractivity contribution >= 4 is 33.2 Å². The van der Waals surface area contributed by atoms with Crippen molar-refractivity contribution in [2.24, 2.45) is 0 Å². The third-order valence-electron chi connectivity index (χ3n) is 3.26. The molecule has 2 rings (SSSR count). The number of hydrogen-bond donors (Lipinski definition) is 2. The van der Waals surface area contributed by atoms with Crippen LogP contribution in [0.5, 0.6) is 0 Å². The molecule has 1 fully saturated rings. The second-order valence-electron chi connectivity index (χ2n) is 4.44. The van der Waals surface area contributed by atoms with Crippen LogP contribution in [0.25, 0.3) is 0 Å². The molecule has 0 aliphatic heterocycles. The largest absolute Gasteiger partial charge is 0.349 e. The quantitative estimate of drug-likeness (QED) is 0.900. The lowest BCUT2D eigenvalue weighted by Crippen LogP contribution is -2.41. The zero-order chi connectivity index (χ0) is 12.3. The van der Waals surface area contributed by atoms with Gasteiger partial charge in [0.15, 0.2) is 0 Å². The van der Waals surface area contributed by atoms with Gasteiger partial charge in [-0.2, -0.15) is 0 Å². The molecule has 1 aliphatic rings. The van der Waals surface area contributed by atoms with Crippen LogP contribution in [0.3, 0.4) is 0 Å². The summed E-state index contributed by atoms with van der Waals surface area (Å²) in [4.78, 5) is 12.7. The van der Waals surface area contributed by atoms with E-state index in [4.69, 9.17) is 0 Å². The molecule has 0 spiro atoms. The van der Waals surface area contributed by atoms with E-state index < -0.39 is 0 Å². The highest BCUT2D eigenvalue weighted by Crippen LogP contribution is 2.22. The number of carbonyl (C=O) groups excluding carboxylic acids is 1. The molecule has 1 aromatic heterocycles. The minimum Gasteiger partial charge on any atom is -0.349 e. The van der Waals surface area contributed by atoms with E-state index in [2.05, 4.69) is 26.6 Å². The van der Waals surface area contributed by atoms with Crippen molar-refractivity contribution in [2.75, 3.05) is 7.05 Å². The normalized spacial score (nSPS) is 24.6. The zero-order valence-corrected chi connectivity index (χ0v) is 12.2. The third kappa shape index (κ3) is 3.53. The van der Waals surface area contributed by atoms with Gasteiger partial charge in [0.2, 0.25) is 0 Å². The van der Waals surface area contributed by atoms with Crippen LogP contribution < -0.4 is 10.6 Å². The van der Waals surface area contributed by atoms with Gasteiger partial charge in [-0.1, -0.05) is 0 Å². The monoisotopic (exact) mass is 316 g/mol. The summed E-state index contributed by atoms with van der Waals surface area (Å²) in [5, 5.41) is 8.35. The van der Waals surface area contributed by atoms with E-state index in [9.17, 15) is 4.79 Å². The van der Waals surface area contributed by atoms with Gasteiger partial charge in [-0.15, -0.1) is 11.3 Å². The molecule has 17 heavy (non-hydrogen) atoms. The van der Waals surface area contributed by atoms with E-state index in [0.717, 1.165) is 35.0 Å². The average Bonchev–Trinajstić information content (AvgIpc) is 2.77. The number of rotatable bonds is 3. The Hall–Kier alpha value is -0.390. The van der Waals surface area contributed by atoms with Crippen LogP contribution in [0.4, 0.5) is 0 Å². The molecule has 0 bridgehead atoms. The highest BCUT2D eigenvalue weighted by atomic mass is 79.9. The minimum atomic E-state index is 0.0635. The number of nitrogens with one attached hydrogen (secondary N) is 2. The van der Waals surface area contributed by atoms with Crippen molar-refractivity contribution in [2.45, 2.75) is 37.8 Å². The second kappa shape index (κ2) is 5.98. The standard InChI is InChI=1S/C12H17BrN2OS/c1-14-9-2-4-10(5-3-9)15-12(16)11-6-8(13)7-17-11/h6-7,9-10,14H,2-5H2,1H3,(H,15,16). The molecule has 1 saturated carbocycles. The molecule has 0 radical (unpaired) electrons. The Balaban J connectivity index is 1.84. The van der Waals surface area contributed by atoms with Crippen molar-refractivity contribution in [3.05, 3.63) is 20.8 Å². The summed E-state index contributed by atoms with van der Waals surface area (Å²) in [6.07, 6.45) is 4.44. The van der Waals surface area contributed by atoms with E-state index in [1.54, 1.807) is 0 Å². The van der Waals surface area contributed by atoms with Crippen LogP contribution in [0.2, 0.25) is 0 Å². The van der Waals surface area contributed by atoms with Crippen LogP contribution in [0, 0.1) is 0 Å². The Bertz CT molecular complexity index is 386. The summed E-state index contributed by atoms with van der Waals surface area (Å²) >= 11 is 4.85. The van der Waals surface area contributed by atoms with Crippen molar-refractivity contribution < 1.29 is 4.79 Å². The van der Waals surface area contributed by atoms with Gasteiger partial charge in [-0.3, -0.25) is 4.79 Å². The Labute approximate surface area is 114 Å². The van der Waals surface area contributed by atoms with Crippen LogP contribution in [-0.2, 0) is 0 Å². The molecule has 0 saturated heterocycles. The van der Waals surface area contributed by atoms with Crippen molar-refractivity contribution in [3.8, 4) is 0 Å². The number of thiophene rings is 1. The molecular formula is C12H17BrN2OS. The summed E-state index contributed by atoms with van der Waals surface area (Å²) in [6.45, 7) is 0. The summed E-state index contributed by atoms with van der Waals surface area (Å²) in [5.74, 6) is 0.0635. The van der Waals surface area contributed by atoms with Crippen LogP contribution >= 0.6 is 27.3 Å². The van der Waals surface area contributed by atoms with Crippen LogP contribution in [0.1, 0.15) is 35.4 Å². The SMILES string of the molecule is CNC1CCC(NC(=O)c2cc(Br)cs2)CC1. The second-order valence-corrected chi connectivity index (χ2v) is 6.27. The van der Waals surface area contributed by atoms with Crippen molar-refractivity contribution in [3.63, 3.8) is 0 Å². The fourth-order valence-corrected chi connectivity index (χ4v) is 3.54. The van der Waals surface area contributed by atoms with E-state index in [-0.39, 0.29) is 5.91 Å². The molecule has 0 unspecified atom stereocenters. The van der Waals surface area contributed by atoms with Gasteiger partial charge < -0.3 is 10.6 Å². The summed E-state index contributed by atoms with van der Waals surface area (Å²) in [6, 6.07) is 2.84. The van der Waals surface area contributed by atoms with Crippen LogP contribution in [0.15, 0.2) is 15.9 Å². The van der Waals surface area contributed by atoms with E-state index in [1.807, 2.05) is 18.5 Å². The molecule has 1 aliphatic carbocycles. The molecule has 0 atom stereocenters. The first-order chi connectivity index (χ1) is 8.19. The maximum absolute atomic E-state index is 11.9. The third-order valence-corrected chi connectivity index (χ3v) is 4.95. The molecule has 0 aromatic carbocycles. The fraction of sp³-hybridized carbons (Fsp3) is 0.583. The van der Waals surface area contributed by atoms with Gasteiger partial charge in [0, 0.05) is 21.9 Å².